The van der Waals surface area contributed by atoms with Crippen LogP contribution in [-0.2, 0) is 6.42 Å². The third kappa shape index (κ3) is 2.88. The lowest BCUT2D eigenvalue weighted by molar-refractivity contribution is 0.0992. The third-order valence-electron chi connectivity index (χ3n) is 2.98. The van der Waals surface area contributed by atoms with E-state index in [0.717, 1.165) is 0 Å². The van der Waals surface area contributed by atoms with Crippen molar-refractivity contribution in [2.75, 3.05) is 20.0 Å². The lowest BCUT2D eigenvalue weighted by Crippen LogP contribution is -2.07. The van der Waals surface area contributed by atoms with Crippen LogP contribution in [-0.4, -0.2) is 25.0 Å². The second-order valence-electron chi connectivity index (χ2n) is 4.22. The Morgan fingerprint density at radius 1 is 1.20 bits per heavy atom. The van der Waals surface area contributed by atoms with E-state index in [2.05, 4.69) is 4.98 Å². The van der Waals surface area contributed by atoms with E-state index in [1.807, 2.05) is 0 Å². The van der Waals surface area contributed by atoms with Crippen molar-refractivity contribution in [3.8, 4) is 11.5 Å². The molecule has 1 heterocycles. The average molecular weight is 272 g/mol. The van der Waals surface area contributed by atoms with E-state index in [4.69, 9.17) is 15.2 Å². The topological polar surface area (TPSA) is 74.4 Å². The van der Waals surface area contributed by atoms with Gasteiger partial charge in [0.25, 0.3) is 0 Å². The van der Waals surface area contributed by atoms with E-state index >= 15 is 0 Å². The Hall–Kier alpha value is -2.56. The van der Waals surface area contributed by atoms with E-state index in [9.17, 15) is 4.79 Å². The number of methoxy groups -OCH3 is 2. The second-order valence-corrected chi connectivity index (χ2v) is 4.22. The van der Waals surface area contributed by atoms with Crippen LogP contribution in [0.25, 0.3) is 0 Å². The van der Waals surface area contributed by atoms with Crippen LogP contribution in [0.5, 0.6) is 11.5 Å². The monoisotopic (exact) mass is 272 g/mol. The number of rotatable bonds is 5. The van der Waals surface area contributed by atoms with E-state index in [0.29, 0.717) is 28.4 Å². The van der Waals surface area contributed by atoms with Crippen molar-refractivity contribution in [1.82, 2.24) is 4.98 Å². The van der Waals surface area contributed by atoms with Crippen molar-refractivity contribution < 1.29 is 14.3 Å². The summed E-state index contributed by atoms with van der Waals surface area (Å²) in [6.07, 6.45) is 1.80. The summed E-state index contributed by atoms with van der Waals surface area (Å²) in [6, 6.07) is 8.62. The SMILES string of the molecule is COc1ccc(C(=O)Cc2cccnc2N)cc1OC. The first-order valence-corrected chi connectivity index (χ1v) is 6.10. The number of hydrogen-bond acceptors (Lipinski definition) is 5. The molecule has 0 aliphatic rings. The van der Waals surface area contributed by atoms with Gasteiger partial charge in [0, 0.05) is 23.7 Å². The van der Waals surface area contributed by atoms with Crippen molar-refractivity contribution in [1.29, 1.82) is 0 Å². The highest BCUT2D eigenvalue weighted by atomic mass is 16.5. The number of pyridine rings is 1. The molecule has 0 spiro atoms. The number of carbonyl (C=O) groups excluding carboxylic acids is 1. The maximum Gasteiger partial charge on any atom is 0.167 e. The van der Waals surface area contributed by atoms with Crippen molar-refractivity contribution in [3.63, 3.8) is 0 Å². The molecule has 0 aliphatic heterocycles. The Balaban J connectivity index is 2.24. The highest BCUT2D eigenvalue weighted by Gasteiger charge is 2.12. The number of nitrogens with two attached hydrogens (primary N) is 1. The van der Waals surface area contributed by atoms with Gasteiger partial charge in [0.1, 0.15) is 5.82 Å². The fourth-order valence-electron chi connectivity index (χ4n) is 1.89. The van der Waals surface area contributed by atoms with Gasteiger partial charge >= 0.3 is 0 Å². The summed E-state index contributed by atoms with van der Waals surface area (Å²) in [5, 5.41) is 0. The standard InChI is InChI=1S/C15H16N2O3/c1-19-13-6-5-10(9-14(13)20-2)12(18)8-11-4-3-7-17-15(11)16/h3-7,9H,8H2,1-2H3,(H2,16,17). The molecule has 0 bridgehead atoms. The molecule has 0 atom stereocenters. The molecule has 5 nitrogen and oxygen atoms in total. The molecular weight excluding hydrogens is 256 g/mol. The Bertz CT molecular complexity index is 626. The minimum Gasteiger partial charge on any atom is -0.493 e. The first-order valence-electron chi connectivity index (χ1n) is 6.10. The molecule has 2 aromatic rings. The number of carbonyl (C=O) groups is 1. The average Bonchev–Trinajstić information content (AvgIpc) is 2.48. The van der Waals surface area contributed by atoms with Crippen LogP contribution in [0.15, 0.2) is 36.5 Å². The molecule has 5 heteroatoms. The molecule has 0 saturated carbocycles. The largest absolute Gasteiger partial charge is 0.493 e. The molecule has 0 unspecified atom stereocenters. The Morgan fingerprint density at radius 2 is 1.95 bits per heavy atom. The quantitative estimate of drug-likeness (QED) is 0.844. The van der Waals surface area contributed by atoms with Crippen LogP contribution in [0.3, 0.4) is 0 Å². The highest BCUT2D eigenvalue weighted by Crippen LogP contribution is 2.28. The van der Waals surface area contributed by atoms with Crippen LogP contribution in [0.2, 0.25) is 0 Å². The Kier molecular flexibility index (Phi) is 4.20. The number of hydrogen-bond donors (Lipinski definition) is 1. The third-order valence-corrected chi connectivity index (χ3v) is 2.98. The Morgan fingerprint density at radius 3 is 2.60 bits per heavy atom. The van der Waals surface area contributed by atoms with Gasteiger partial charge in [0.15, 0.2) is 17.3 Å². The van der Waals surface area contributed by atoms with Gasteiger partial charge in [-0.3, -0.25) is 4.79 Å². The number of Topliss-reactive ketones (excluding diaryl/α,β-unsaturated/α-hetero) is 1. The lowest BCUT2D eigenvalue weighted by Gasteiger charge is -2.09. The van der Waals surface area contributed by atoms with Crippen LogP contribution in [0.4, 0.5) is 5.82 Å². The zero-order chi connectivity index (χ0) is 14.5. The summed E-state index contributed by atoms with van der Waals surface area (Å²) in [4.78, 5) is 16.2. The number of nitrogens with zero attached hydrogens (tertiary/aromatic N) is 1. The minimum absolute atomic E-state index is 0.0503. The Labute approximate surface area is 117 Å². The molecule has 2 rings (SSSR count). The maximum atomic E-state index is 12.3. The van der Waals surface area contributed by atoms with Gasteiger partial charge in [0.05, 0.1) is 14.2 Å². The highest BCUT2D eigenvalue weighted by molar-refractivity contribution is 5.98. The van der Waals surface area contributed by atoms with E-state index in [-0.39, 0.29) is 12.2 Å². The van der Waals surface area contributed by atoms with Gasteiger partial charge in [-0.25, -0.2) is 4.98 Å². The number of ketones is 1. The first kappa shape index (κ1) is 13.9. The summed E-state index contributed by atoms with van der Waals surface area (Å²) in [6.45, 7) is 0. The predicted molar refractivity (Wildman–Crippen MR) is 76.2 cm³/mol. The molecule has 0 aliphatic carbocycles. The number of benzene rings is 1. The van der Waals surface area contributed by atoms with Gasteiger partial charge in [-0.05, 0) is 24.3 Å². The summed E-state index contributed by atoms with van der Waals surface area (Å²) >= 11 is 0. The number of nitrogen functional groups attached to an aromatic ring is 1. The number of ether oxygens (including phenoxy) is 2. The lowest BCUT2D eigenvalue weighted by atomic mass is 10.0. The van der Waals surface area contributed by atoms with Gasteiger partial charge < -0.3 is 15.2 Å². The molecule has 20 heavy (non-hydrogen) atoms. The van der Waals surface area contributed by atoms with Crippen molar-refractivity contribution >= 4 is 11.6 Å². The molecule has 104 valence electrons. The fourth-order valence-corrected chi connectivity index (χ4v) is 1.89. The molecule has 0 radical (unpaired) electrons. The van der Waals surface area contributed by atoms with Gasteiger partial charge in [-0.2, -0.15) is 0 Å². The van der Waals surface area contributed by atoms with E-state index in [1.54, 1.807) is 43.6 Å². The molecule has 2 N–H and O–H groups in total. The summed E-state index contributed by atoms with van der Waals surface area (Å²) in [5.74, 6) is 1.44. The summed E-state index contributed by atoms with van der Waals surface area (Å²) in [5.41, 5.74) is 7.00. The molecule has 0 saturated heterocycles. The van der Waals surface area contributed by atoms with Crippen LogP contribution >= 0.6 is 0 Å². The first-order chi connectivity index (χ1) is 9.65. The van der Waals surface area contributed by atoms with Crippen LogP contribution in [0, 0.1) is 0 Å². The molecule has 1 aromatic heterocycles. The zero-order valence-corrected chi connectivity index (χ0v) is 11.4. The number of anilines is 1. The summed E-state index contributed by atoms with van der Waals surface area (Å²) in [7, 11) is 3.08. The number of aromatic nitrogens is 1. The van der Waals surface area contributed by atoms with Gasteiger partial charge in [-0.15, -0.1) is 0 Å². The van der Waals surface area contributed by atoms with Crippen molar-refractivity contribution in [2.24, 2.45) is 0 Å². The van der Waals surface area contributed by atoms with Gasteiger partial charge in [-0.1, -0.05) is 6.07 Å². The summed E-state index contributed by atoms with van der Waals surface area (Å²) < 4.78 is 10.3. The van der Waals surface area contributed by atoms with Crippen molar-refractivity contribution in [2.45, 2.75) is 6.42 Å². The fraction of sp³-hybridized carbons (Fsp3) is 0.200. The smallest absolute Gasteiger partial charge is 0.167 e. The molecule has 1 aromatic carbocycles. The molecular formula is C15H16N2O3. The van der Waals surface area contributed by atoms with E-state index < -0.39 is 0 Å². The van der Waals surface area contributed by atoms with E-state index in [1.165, 1.54) is 7.11 Å². The van der Waals surface area contributed by atoms with Crippen LogP contribution < -0.4 is 15.2 Å². The normalized spacial score (nSPS) is 10.1. The molecule has 0 amide bonds. The maximum absolute atomic E-state index is 12.3. The van der Waals surface area contributed by atoms with Gasteiger partial charge in [0.2, 0.25) is 0 Å². The predicted octanol–water partition coefficient (Wildman–Crippen LogP) is 2.11. The zero-order valence-electron chi connectivity index (χ0n) is 11.4. The van der Waals surface area contributed by atoms with Crippen molar-refractivity contribution in [3.05, 3.63) is 47.7 Å². The van der Waals surface area contributed by atoms with Crippen LogP contribution in [0.1, 0.15) is 15.9 Å². The minimum atomic E-state index is -0.0503. The molecule has 0 fully saturated rings. The second kappa shape index (κ2) is 6.06.